The number of hydrogen-bond acceptors (Lipinski definition) is 5. The van der Waals surface area contributed by atoms with Crippen LogP contribution >= 0.6 is 11.3 Å². The van der Waals surface area contributed by atoms with E-state index in [1.807, 2.05) is 11.4 Å². The number of nitrogens with zero attached hydrogens (tertiary/aromatic N) is 2. The summed E-state index contributed by atoms with van der Waals surface area (Å²) in [5.41, 5.74) is 0.312. The van der Waals surface area contributed by atoms with Gasteiger partial charge in [-0.15, -0.1) is 16.4 Å². The molecule has 86 valence electrons. The van der Waals surface area contributed by atoms with Crippen molar-refractivity contribution in [2.24, 2.45) is 0 Å². The summed E-state index contributed by atoms with van der Waals surface area (Å²) in [6.07, 6.45) is 1.90. The van der Waals surface area contributed by atoms with Crippen LogP contribution in [-0.2, 0) is 0 Å². The van der Waals surface area contributed by atoms with Crippen LogP contribution in [0.2, 0.25) is 0 Å². The first-order valence-corrected chi connectivity index (χ1v) is 6.03. The van der Waals surface area contributed by atoms with Crippen LogP contribution in [0.25, 0.3) is 0 Å². The Hall–Kier alpha value is -1.88. The zero-order chi connectivity index (χ0) is 12.1. The molecule has 2 aromatic heterocycles. The summed E-state index contributed by atoms with van der Waals surface area (Å²) in [5, 5.41) is 9.19. The smallest absolute Gasteiger partial charge is 0.183 e. The average Bonchev–Trinajstić information content (AvgIpc) is 2.90. The van der Waals surface area contributed by atoms with Crippen molar-refractivity contribution in [3.8, 4) is 0 Å². The molecule has 0 saturated heterocycles. The summed E-state index contributed by atoms with van der Waals surface area (Å²) in [6, 6.07) is 6.84. The molecule has 0 amide bonds. The molecule has 0 unspecified atom stereocenters. The second-order valence-corrected chi connectivity index (χ2v) is 4.38. The second-order valence-electron chi connectivity index (χ2n) is 3.43. The lowest BCUT2D eigenvalue weighted by atomic mass is 10.1. The molecule has 0 aliphatic rings. The van der Waals surface area contributed by atoms with Crippen molar-refractivity contribution in [3.63, 3.8) is 0 Å². The van der Waals surface area contributed by atoms with Crippen molar-refractivity contribution >= 4 is 22.9 Å². The number of thiophene rings is 1. The molecule has 0 bridgehead atoms. The van der Waals surface area contributed by atoms with Gasteiger partial charge in [0.15, 0.2) is 11.6 Å². The number of ketones is 2. The highest BCUT2D eigenvalue weighted by molar-refractivity contribution is 7.12. The minimum Gasteiger partial charge on any atom is -0.293 e. The van der Waals surface area contributed by atoms with Gasteiger partial charge in [-0.3, -0.25) is 9.59 Å². The van der Waals surface area contributed by atoms with Crippen LogP contribution in [0.15, 0.2) is 35.8 Å². The van der Waals surface area contributed by atoms with E-state index in [4.69, 9.17) is 0 Å². The highest BCUT2D eigenvalue weighted by Gasteiger charge is 2.12. The Labute approximate surface area is 102 Å². The Morgan fingerprint density at radius 2 is 1.94 bits per heavy atom. The number of aromatic nitrogens is 2. The van der Waals surface area contributed by atoms with Crippen LogP contribution in [0.1, 0.15) is 33.0 Å². The van der Waals surface area contributed by atoms with Gasteiger partial charge in [0.05, 0.1) is 4.88 Å². The minimum atomic E-state index is -0.150. The minimum absolute atomic E-state index is 0.00256. The lowest BCUT2D eigenvalue weighted by molar-refractivity contribution is 0.0916. The molecule has 0 radical (unpaired) electrons. The van der Waals surface area contributed by atoms with E-state index in [2.05, 4.69) is 10.2 Å². The fraction of sp³-hybridized carbons (Fsp3) is 0.167. The number of hydrogen-bond donors (Lipinski definition) is 0. The van der Waals surface area contributed by atoms with Crippen molar-refractivity contribution in [3.05, 3.63) is 46.4 Å². The normalized spacial score (nSPS) is 10.1. The molecule has 0 fully saturated rings. The lowest BCUT2D eigenvalue weighted by Crippen LogP contribution is -2.06. The van der Waals surface area contributed by atoms with E-state index in [9.17, 15) is 9.59 Å². The third kappa shape index (κ3) is 3.04. The van der Waals surface area contributed by atoms with Gasteiger partial charge in [0, 0.05) is 19.0 Å². The zero-order valence-corrected chi connectivity index (χ0v) is 9.81. The van der Waals surface area contributed by atoms with E-state index in [0.717, 1.165) is 0 Å². The fourth-order valence-electron chi connectivity index (χ4n) is 1.37. The van der Waals surface area contributed by atoms with Gasteiger partial charge >= 0.3 is 0 Å². The van der Waals surface area contributed by atoms with Crippen LogP contribution in [0.5, 0.6) is 0 Å². The van der Waals surface area contributed by atoms with Crippen molar-refractivity contribution in [2.75, 3.05) is 0 Å². The van der Waals surface area contributed by atoms with E-state index in [-0.39, 0.29) is 24.4 Å². The quantitative estimate of drug-likeness (QED) is 0.760. The van der Waals surface area contributed by atoms with Gasteiger partial charge in [-0.25, -0.2) is 0 Å². The first kappa shape index (κ1) is 11.6. The van der Waals surface area contributed by atoms with Crippen LogP contribution in [0.4, 0.5) is 0 Å². The molecular formula is C12H10N2O2S. The lowest BCUT2D eigenvalue weighted by Gasteiger charge is -1.98. The van der Waals surface area contributed by atoms with Gasteiger partial charge in [0.1, 0.15) is 5.69 Å². The predicted molar refractivity (Wildman–Crippen MR) is 64.2 cm³/mol. The Bertz CT molecular complexity index is 509. The van der Waals surface area contributed by atoms with Crippen LogP contribution in [0.3, 0.4) is 0 Å². The van der Waals surface area contributed by atoms with Gasteiger partial charge < -0.3 is 0 Å². The second kappa shape index (κ2) is 5.45. The molecule has 0 spiro atoms. The highest BCUT2D eigenvalue weighted by atomic mass is 32.1. The molecule has 5 heteroatoms. The van der Waals surface area contributed by atoms with Crippen molar-refractivity contribution < 1.29 is 9.59 Å². The van der Waals surface area contributed by atoms with Gasteiger partial charge in [-0.2, -0.15) is 5.10 Å². The van der Waals surface area contributed by atoms with Gasteiger partial charge in [0.2, 0.25) is 0 Å². The van der Waals surface area contributed by atoms with Gasteiger partial charge in [-0.1, -0.05) is 6.07 Å². The average molecular weight is 246 g/mol. The molecule has 0 atom stereocenters. The maximum atomic E-state index is 11.7. The van der Waals surface area contributed by atoms with E-state index < -0.39 is 0 Å². The third-order valence-corrected chi connectivity index (χ3v) is 3.14. The van der Waals surface area contributed by atoms with Crippen molar-refractivity contribution in [1.82, 2.24) is 10.2 Å². The highest BCUT2D eigenvalue weighted by Crippen LogP contribution is 2.13. The molecule has 17 heavy (non-hydrogen) atoms. The van der Waals surface area contributed by atoms with Crippen molar-refractivity contribution in [1.29, 1.82) is 0 Å². The first-order chi connectivity index (χ1) is 8.27. The molecule has 4 nitrogen and oxygen atoms in total. The van der Waals surface area contributed by atoms with E-state index in [1.54, 1.807) is 18.2 Å². The number of carbonyl (C=O) groups excluding carboxylic acids is 2. The maximum absolute atomic E-state index is 11.7. The number of Topliss-reactive ketones (excluding diaryl/α,β-unsaturated/α-hetero) is 2. The molecule has 0 aromatic carbocycles. The van der Waals surface area contributed by atoms with E-state index in [0.29, 0.717) is 10.6 Å². The maximum Gasteiger partial charge on any atom is 0.183 e. The summed E-state index contributed by atoms with van der Waals surface area (Å²) in [7, 11) is 0. The van der Waals surface area contributed by atoms with E-state index >= 15 is 0 Å². The molecule has 0 aliphatic carbocycles. The summed E-state index contributed by atoms with van der Waals surface area (Å²) in [4.78, 5) is 24.0. The molecule has 2 rings (SSSR count). The monoisotopic (exact) mass is 246 g/mol. The number of carbonyl (C=O) groups is 2. The standard InChI is InChI=1S/C12H10N2O2S/c15-10(9-3-1-7-13-14-9)5-6-11(16)12-4-2-8-17-12/h1-4,7-8H,5-6H2. The van der Waals surface area contributed by atoms with Gasteiger partial charge in [0.25, 0.3) is 0 Å². The Morgan fingerprint density at radius 3 is 2.59 bits per heavy atom. The Morgan fingerprint density at radius 1 is 1.12 bits per heavy atom. The topological polar surface area (TPSA) is 59.9 Å². The molecular weight excluding hydrogens is 236 g/mol. The summed E-state index contributed by atoms with van der Waals surface area (Å²) < 4.78 is 0. The molecule has 0 aliphatic heterocycles. The molecule has 2 heterocycles. The fourth-order valence-corrected chi connectivity index (χ4v) is 2.06. The van der Waals surface area contributed by atoms with Crippen LogP contribution in [0, 0.1) is 0 Å². The molecule has 0 N–H and O–H groups in total. The summed E-state index contributed by atoms with van der Waals surface area (Å²) in [5.74, 6) is -0.153. The summed E-state index contributed by atoms with van der Waals surface area (Å²) in [6.45, 7) is 0. The largest absolute Gasteiger partial charge is 0.293 e. The third-order valence-electron chi connectivity index (χ3n) is 2.23. The SMILES string of the molecule is O=C(CCC(=O)c1cccs1)c1cccnn1. The molecule has 2 aromatic rings. The van der Waals surface area contributed by atoms with Crippen molar-refractivity contribution in [2.45, 2.75) is 12.8 Å². The van der Waals surface area contributed by atoms with Gasteiger partial charge in [-0.05, 0) is 23.6 Å². The Kier molecular flexibility index (Phi) is 3.72. The number of rotatable bonds is 5. The van der Waals surface area contributed by atoms with Crippen LogP contribution in [-0.4, -0.2) is 21.8 Å². The first-order valence-electron chi connectivity index (χ1n) is 5.15. The zero-order valence-electron chi connectivity index (χ0n) is 9.00. The Balaban J connectivity index is 1.91. The predicted octanol–water partition coefficient (Wildman–Crippen LogP) is 2.38. The van der Waals surface area contributed by atoms with Crippen LogP contribution < -0.4 is 0 Å². The molecule has 0 saturated carbocycles. The summed E-state index contributed by atoms with van der Waals surface area (Å²) >= 11 is 1.39. The van der Waals surface area contributed by atoms with E-state index in [1.165, 1.54) is 17.5 Å².